The maximum absolute atomic E-state index is 13.4. The van der Waals surface area contributed by atoms with Crippen molar-refractivity contribution < 1.29 is 30.6 Å². The first-order chi connectivity index (χ1) is 17.9. The van der Waals surface area contributed by atoms with E-state index in [-0.39, 0.29) is 34.2 Å². The number of carbonyl (C=O) groups is 1. The van der Waals surface area contributed by atoms with Gasteiger partial charge in [-0.15, -0.1) is 4.13 Å². The van der Waals surface area contributed by atoms with Gasteiger partial charge in [0.25, 0.3) is 5.91 Å². The van der Waals surface area contributed by atoms with E-state index in [4.69, 9.17) is 0 Å². The molecule has 2 N–H and O–H groups in total. The van der Waals surface area contributed by atoms with Crippen molar-refractivity contribution in [2.24, 2.45) is 0 Å². The first kappa shape index (κ1) is 30.1. The van der Waals surface area contributed by atoms with Gasteiger partial charge >= 0.3 is 6.18 Å². The molecule has 0 aliphatic carbocycles. The fourth-order valence-electron chi connectivity index (χ4n) is 4.01. The largest absolute Gasteiger partial charge is 0.416 e. The summed E-state index contributed by atoms with van der Waals surface area (Å²) >= 11 is 0. The van der Waals surface area contributed by atoms with Crippen LogP contribution in [0.2, 0.25) is 0 Å². The van der Waals surface area contributed by atoms with Crippen LogP contribution < -0.4 is 14.9 Å². The predicted molar refractivity (Wildman–Crippen MR) is 145 cm³/mol. The van der Waals surface area contributed by atoms with Crippen molar-refractivity contribution in [2.45, 2.75) is 44.4 Å². The monoisotopic (exact) mass is 583 g/mol. The van der Waals surface area contributed by atoms with E-state index >= 15 is 0 Å². The molecule has 0 aliphatic heterocycles. The number of nitrogens with one attached hydrogen (secondary N) is 2. The second-order valence-corrected chi connectivity index (χ2v) is 13.3. The Labute approximate surface area is 225 Å². The van der Waals surface area contributed by atoms with Crippen LogP contribution in [0.4, 0.5) is 13.2 Å². The number of rotatable bonds is 8. The van der Waals surface area contributed by atoms with Crippen molar-refractivity contribution in [3.05, 3.63) is 87.3 Å². The molecule has 0 aliphatic rings. The average molecular weight is 584 g/mol. The molecule has 1 aromatic heterocycles. The topological polar surface area (TPSA) is 114 Å². The van der Waals surface area contributed by atoms with Crippen molar-refractivity contribution >= 4 is 31.5 Å². The molecule has 13 heteroatoms. The number of carbonyl (C=O) groups excluding carboxylic acids is 1. The Hall–Kier alpha value is -3.42. The van der Waals surface area contributed by atoms with Gasteiger partial charge in [0.2, 0.25) is 15.5 Å². The highest BCUT2D eigenvalue weighted by atomic mass is 32.3. The normalized spacial score (nSPS) is 13.7. The predicted octanol–water partition coefficient (Wildman–Crippen LogP) is 3.89. The molecule has 0 spiro atoms. The van der Waals surface area contributed by atoms with Gasteiger partial charge in [-0.3, -0.25) is 9.59 Å². The molecule has 39 heavy (non-hydrogen) atoms. The number of amides is 1. The molecule has 1 amide bonds. The fourth-order valence-corrected chi connectivity index (χ4v) is 6.93. The van der Waals surface area contributed by atoms with Gasteiger partial charge in [-0.1, -0.05) is 24.3 Å². The number of alkyl halides is 3. The summed E-state index contributed by atoms with van der Waals surface area (Å²) in [6.07, 6.45) is -2.36. The zero-order valence-corrected chi connectivity index (χ0v) is 23.3. The Morgan fingerprint density at radius 2 is 1.69 bits per heavy atom. The summed E-state index contributed by atoms with van der Waals surface area (Å²) in [7, 11) is -7.09. The van der Waals surface area contributed by atoms with Gasteiger partial charge in [0.15, 0.2) is 0 Å². The third-order valence-electron chi connectivity index (χ3n) is 5.81. The SMILES string of the molecule is C=S(=O)(NS(C)(=O)=O)c1ccc(CNC(=O)c2cn(C(C)C)c(C)c(-c3cccc(C(F)(F)F)c3)c2=O)cc1. The van der Waals surface area contributed by atoms with Crippen molar-refractivity contribution in [3.8, 4) is 11.1 Å². The number of hydrogen-bond donors (Lipinski definition) is 2. The Morgan fingerprint density at radius 3 is 2.23 bits per heavy atom. The minimum atomic E-state index is -4.60. The van der Waals surface area contributed by atoms with Crippen molar-refractivity contribution in [1.82, 2.24) is 14.0 Å². The van der Waals surface area contributed by atoms with Gasteiger partial charge in [0, 0.05) is 34.9 Å². The molecule has 3 rings (SSSR count). The van der Waals surface area contributed by atoms with Gasteiger partial charge in [-0.25, -0.2) is 12.6 Å². The molecule has 210 valence electrons. The number of pyridine rings is 1. The molecule has 0 saturated carbocycles. The summed E-state index contributed by atoms with van der Waals surface area (Å²) in [5.41, 5.74) is -0.846. The maximum atomic E-state index is 13.4. The molecule has 0 bridgehead atoms. The van der Waals surface area contributed by atoms with Crippen LogP contribution in [0, 0.1) is 6.92 Å². The molecule has 8 nitrogen and oxygen atoms in total. The lowest BCUT2D eigenvalue weighted by Crippen LogP contribution is -2.31. The zero-order valence-electron chi connectivity index (χ0n) is 21.6. The van der Waals surface area contributed by atoms with Gasteiger partial charge < -0.3 is 9.88 Å². The quantitative estimate of drug-likeness (QED) is 0.391. The molecule has 1 heterocycles. The summed E-state index contributed by atoms with van der Waals surface area (Å²) in [6, 6.07) is 10.0. The summed E-state index contributed by atoms with van der Waals surface area (Å²) in [6.45, 7) is 5.20. The molecule has 1 atom stereocenters. The van der Waals surface area contributed by atoms with Crippen LogP contribution in [0.1, 0.15) is 47.1 Å². The summed E-state index contributed by atoms with van der Waals surface area (Å²) in [5.74, 6) is 2.70. The van der Waals surface area contributed by atoms with Crippen molar-refractivity contribution in [2.75, 3.05) is 6.26 Å². The second-order valence-electron chi connectivity index (χ2n) is 9.27. The van der Waals surface area contributed by atoms with Crippen LogP contribution in [0.25, 0.3) is 11.1 Å². The van der Waals surface area contributed by atoms with E-state index in [0.29, 0.717) is 11.3 Å². The summed E-state index contributed by atoms with van der Waals surface area (Å²) in [5, 5.41) is 2.62. The van der Waals surface area contributed by atoms with E-state index in [0.717, 1.165) is 18.4 Å². The maximum Gasteiger partial charge on any atom is 0.416 e. The van der Waals surface area contributed by atoms with E-state index in [1.807, 2.05) is 18.0 Å². The van der Waals surface area contributed by atoms with Crippen LogP contribution in [0.3, 0.4) is 0 Å². The number of halogens is 3. The molecular weight excluding hydrogens is 555 g/mol. The second kappa shape index (κ2) is 11.0. The number of sulfonamides is 1. The first-order valence-electron chi connectivity index (χ1n) is 11.6. The molecule has 0 radical (unpaired) electrons. The van der Waals surface area contributed by atoms with E-state index in [2.05, 4.69) is 11.2 Å². The standard InChI is InChI=1S/C26H28F3N3O5S2/c1-16(2)32-15-22(24(33)23(17(32)3)19-7-6-8-20(13-19)26(27,28)29)25(34)30-14-18-9-11-21(12-10-18)38(4,35)31-39(5,36)37/h6-13,15-16H,4,14H2,1-3,5H3,(H,30,34)(H,31,35). The van der Waals surface area contributed by atoms with Crippen molar-refractivity contribution in [1.29, 1.82) is 0 Å². The fraction of sp³-hybridized carbons (Fsp3) is 0.269. The number of aromatic nitrogens is 1. The van der Waals surface area contributed by atoms with E-state index in [1.54, 1.807) is 11.5 Å². The average Bonchev–Trinajstić information content (AvgIpc) is 2.81. The van der Waals surface area contributed by atoms with Crippen LogP contribution in [-0.2, 0) is 32.5 Å². The Kier molecular flexibility index (Phi) is 8.49. The van der Waals surface area contributed by atoms with Crippen LogP contribution >= 0.6 is 0 Å². The van der Waals surface area contributed by atoms with Gasteiger partial charge in [-0.2, -0.15) is 13.2 Å². The smallest absolute Gasteiger partial charge is 0.348 e. The molecule has 0 fully saturated rings. The van der Waals surface area contributed by atoms with Crippen LogP contribution in [0.15, 0.2) is 64.4 Å². The Morgan fingerprint density at radius 1 is 1.08 bits per heavy atom. The summed E-state index contributed by atoms with van der Waals surface area (Å²) < 4.78 is 79.1. The van der Waals surface area contributed by atoms with Crippen molar-refractivity contribution in [3.63, 3.8) is 0 Å². The Balaban J connectivity index is 1.94. The summed E-state index contributed by atoms with van der Waals surface area (Å²) in [4.78, 5) is 26.6. The molecule has 2 aromatic carbocycles. The van der Waals surface area contributed by atoms with Crippen LogP contribution in [-0.4, -0.2) is 35.2 Å². The third kappa shape index (κ3) is 7.16. The van der Waals surface area contributed by atoms with Gasteiger partial charge in [0.1, 0.15) is 5.56 Å². The molecule has 0 saturated heterocycles. The minimum absolute atomic E-state index is 0.00427. The third-order valence-corrected chi connectivity index (χ3v) is 9.13. The van der Waals surface area contributed by atoms with Gasteiger partial charge in [0.05, 0.1) is 21.5 Å². The number of hydrogen-bond acceptors (Lipinski definition) is 5. The molecule has 3 aromatic rings. The first-order valence-corrected chi connectivity index (χ1v) is 15.2. The highest BCUT2D eigenvalue weighted by Crippen LogP contribution is 2.32. The van der Waals surface area contributed by atoms with E-state index in [1.165, 1.54) is 42.6 Å². The number of benzene rings is 2. The lowest BCUT2D eigenvalue weighted by Gasteiger charge is -2.20. The molecular formula is C26H28F3N3O5S2. The van der Waals surface area contributed by atoms with E-state index < -0.39 is 42.8 Å². The van der Waals surface area contributed by atoms with E-state index in [9.17, 15) is 35.4 Å². The number of nitrogens with zero attached hydrogens (tertiary/aromatic N) is 1. The highest BCUT2D eigenvalue weighted by Gasteiger charge is 2.31. The lowest BCUT2D eigenvalue weighted by atomic mass is 9.98. The van der Waals surface area contributed by atoms with Gasteiger partial charge in [-0.05, 0) is 62.0 Å². The Bertz CT molecular complexity index is 1680. The van der Waals surface area contributed by atoms with Crippen LogP contribution in [0.5, 0.6) is 0 Å². The highest BCUT2D eigenvalue weighted by molar-refractivity contribution is 8.09. The minimum Gasteiger partial charge on any atom is -0.348 e. The zero-order chi connectivity index (χ0) is 29.3. The molecule has 1 unspecified atom stereocenters. The lowest BCUT2D eigenvalue weighted by molar-refractivity contribution is -0.137.